The number of carboxylic acid groups (broad SMARTS) is 1. The molecule has 0 spiro atoms. The minimum Gasteiger partial charge on any atom is -0.480 e. The van der Waals surface area contributed by atoms with Gasteiger partial charge in [0.25, 0.3) is 0 Å². The average molecular weight is 159 g/mol. The summed E-state index contributed by atoms with van der Waals surface area (Å²) in [7, 11) is 1.85. The lowest BCUT2D eigenvalue weighted by molar-refractivity contribution is -0.141. The van der Waals surface area contributed by atoms with Crippen molar-refractivity contribution in [1.82, 2.24) is 4.90 Å². The molecule has 1 atom stereocenters. The summed E-state index contributed by atoms with van der Waals surface area (Å²) in [5.41, 5.74) is 0. The highest BCUT2D eigenvalue weighted by atomic mass is 16.4. The molecule has 0 radical (unpaired) electrons. The summed E-state index contributed by atoms with van der Waals surface area (Å²) >= 11 is 0. The number of likely N-dealkylation sites (tertiary alicyclic amines) is 1. The Bertz CT molecular complexity index is 125. The molecular weight excluding hydrogens is 142 g/mol. The van der Waals surface area contributed by atoms with Gasteiger partial charge in [0.05, 0.1) is 0 Å². The number of rotatable bonds is 1. The van der Waals surface area contributed by atoms with E-state index in [0.29, 0.717) is 0 Å². The first-order valence-electron chi connectivity index (χ1n) is 4.15. The maximum absolute atomic E-state index is 10.4. The predicted octanol–water partition coefficient (Wildman–Crippen LogP) is 1.19. The fraction of sp³-hybridized carbons (Fsp3) is 0.875. The van der Waals surface area contributed by atoms with Crippen LogP contribution in [0.25, 0.3) is 0 Å². The van der Waals surface area contributed by atoms with Gasteiger partial charge >= 0.3 is 5.97 Å². The van der Waals surface area contributed by atoms with E-state index in [1.165, 1.54) is 0 Å². The van der Waals surface area contributed by atoms with Gasteiger partial charge in [-0.3, -0.25) is 9.69 Å². The van der Waals surface area contributed by atoms with Crippen LogP contribution < -0.4 is 0 Å². The molecule has 1 aliphatic rings. The van der Waals surface area contributed by atoms with E-state index in [0.717, 1.165) is 19.4 Å². The molecule has 1 heterocycles. The smallest absolute Gasteiger partial charge is 0.320 e. The lowest BCUT2D eigenvalue weighted by Crippen LogP contribution is -2.32. The van der Waals surface area contributed by atoms with Gasteiger partial charge in [-0.2, -0.15) is 0 Å². The van der Waals surface area contributed by atoms with Gasteiger partial charge in [0.1, 0.15) is 6.04 Å². The Morgan fingerprint density at radius 2 is 2.09 bits per heavy atom. The van der Waals surface area contributed by atoms with Crippen molar-refractivity contribution >= 4 is 5.97 Å². The lowest BCUT2D eigenvalue weighted by Gasteiger charge is -2.13. The molecule has 0 aromatic rings. The van der Waals surface area contributed by atoms with E-state index < -0.39 is 5.97 Å². The first-order chi connectivity index (χ1) is 5.22. The van der Waals surface area contributed by atoms with Crippen LogP contribution in [0, 0.1) is 0 Å². The van der Waals surface area contributed by atoms with Gasteiger partial charge in [-0.25, -0.2) is 0 Å². The molecule has 1 saturated heterocycles. The van der Waals surface area contributed by atoms with Crippen LogP contribution in [0.3, 0.4) is 0 Å². The molecule has 1 N–H and O–H groups in total. The Morgan fingerprint density at radius 3 is 2.27 bits per heavy atom. The quantitative estimate of drug-likeness (QED) is 0.624. The Balaban J connectivity index is 0.000000461. The van der Waals surface area contributed by atoms with E-state index in [2.05, 4.69) is 0 Å². The summed E-state index contributed by atoms with van der Waals surface area (Å²) in [5, 5.41) is 8.54. The summed E-state index contributed by atoms with van der Waals surface area (Å²) in [5.74, 6) is -0.685. The molecule has 1 rings (SSSR count). The standard InChI is InChI=1S/C6H11NO2.C2H6/c1-7-4-2-3-5(7)6(8)9;1-2/h5H,2-4H2,1H3,(H,8,9);1-2H3/t5-;/m1./s1. The third kappa shape index (κ3) is 2.89. The third-order valence-corrected chi connectivity index (χ3v) is 1.81. The zero-order valence-electron chi connectivity index (χ0n) is 7.50. The predicted molar refractivity (Wildman–Crippen MR) is 44.6 cm³/mol. The second-order valence-electron chi connectivity index (χ2n) is 2.48. The number of hydrogen-bond acceptors (Lipinski definition) is 2. The van der Waals surface area contributed by atoms with Crippen molar-refractivity contribution in [3.8, 4) is 0 Å². The molecule has 0 amide bonds. The molecule has 3 heteroatoms. The number of hydrogen-bond donors (Lipinski definition) is 1. The zero-order chi connectivity index (χ0) is 8.85. The molecule has 0 aliphatic carbocycles. The van der Waals surface area contributed by atoms with Gasteiger partial charge in [0.15, 0.2) is 0 Å². The SMILES string of the molecule is CC.CN1CCC[C@@H]1C(=O)O. The molecule has 11 heavy (non-hydrogen) atoms. The molecular formula is C8H17NO2. The maximum atomic E-state index is 10.4. The fourth-order valence-corrected chi connectivity index (χ4v) is 1.22. The highest BCUT2D eigenvalue weighted by Gasteiger charge is 2.26. The summed E-state index contributed by atoms with van der Waals surface area (Å²) < 4.78 is 0. The Kier molecular flexibility index (Phi) is 4.86. The number of carboxylic acids is 1. The topological polar surface area (TPSA) is 40.5 Å². The first kappa shape index (κ1) is 10.4. The Hall–Kier alpha value is -0.570. The van der Waals surface area contributed by atoms with Crippen LogP contribution in [-0.2, 0) is 4.79 Å². The van der Waals surface area contributed by atoms with Crippen molar-refractivity contribution in [2.24, 2.45) is 0 Å². The monoisotopic (exact) mass is 159 g/mol. The molecule has 0 aromatic heterocycles. The van der Waals surface area contributed by atoms with Crippen LogP contribution in [0.4, 0.5) is 0 Å². The Labute approximate surface area is 68.0 Å². The average Bonchev–Trinajstić information content (AvgIpc) is 2.39. The van der Waals surface area contributed by atoms with Gasteiger partial charge in [0.2, 0.25) is 0 Å². The van der Waals surface area contributed by atoms with Gasteiger partial charge in [-0.05, 0) is 26.4 Å². The van der Waals surface area contributed by atoms with Crippen molar-refractivity contribution in [1.29, 1.82) is 0 Å². The minimum absolute atomic E-state index is 0.218. The molecule has 0 aromatic carbocycles. The molecule has 1 aliphatic heterocycles. The normalized spacial score (nSPS) is 24.1. The molecule has 66 valence electrons. The summed E-state index contributed by atoms with van der Waals surface area (Å²) in [6.45, 7) is 4.93. The summed E-state index contributed by atoms with van der Waals surface area (Å²) in [6.07, 6.45) is 1.83. The first-order valence-corrected chi connectivity index (χ1v) is 4.15. The summed E-state index contributed by atoms with van der Waals surface area (Å²) in [6, 6.07) is -0.218. The fourth-order valence-electron chi connectivity index (χ4n) is 1.22. The van der Waals surface area contributed by atoms with E-state index >= 15 is 0 Å². The molecule has 3 nitrogen and oxygen atoms in total. The largest absolute Gasteiger partial charge is 0.480 e. The van der Waals surface area contributed by atoms with Crippen LogP contribution in [0.2, 0.25) is 0 Å². The van der Waals surface area contributed by atoms with Gasteiger partial charge < -0.3 is 5.11 Å². The Morgan fingerprint density at radius 1 is 1.55 bits per heavy atom. The second kappa shape index (κ2) is 5.13. The van der Waals surface area contributed by atoms with E-state index in [1.807, 2.05) is 25.8 Å². The number of carbonyl (C=O) groups is 1. The summed E-state index contributed by atoms with van der Waals surface area (Å²) in [4.78, 5) is 12.2. The van der Waals surface area contributed by atoms with Crippen molar-refractivity contribution in [2.45, 2.75) is 32.7 Å². The number of aliphatic carboxylic acids is 1. The second-order valence-corrected chi connectivity index (χ2v) is 2.48. The molecule has 0 saturated carbocycles. The maximum Gasteiger partial charge on any atom is 0.320 e. The van der Waals surface area contributed by atoms with E-state index in [1.54, 1.807) is 0 Å². The molecule has 0 unspecified atom stereocenters. The van der Waals surface area contributed by atoms with Gasteiger partial charge in [-0.15, -0.1) is 0 Å². The van der Waals surface area contributed by atoms with Gasteiger partial charge in [-0.1, -0.05) is 13.8 Å². The van der Waals surface area contributed by atoms with Crippen molar-refractivity contribution < 1.29 is 9.90 Å². The van der Waals surface area contributed by atoms with Crippen LogP contribution in [-0.4, -0.2) is 35.6 Å². The third-order valence-electron chi connectivity index (χ3n) is 1.81. The number of nitrogens with zero attached hydrogens (tertiary/aromatic N) is 1. The van der Waals surface area contributed by atoms with Crippen LogP contribution in [0.1, 0.15) is 26.7 Å². The zero-order valence-corrected chi connectivity index (χ0v) is 7.50. The molecule has 1 fully saturated rings. The number of likely N-dealkylation sites (N-methyl/N-ethyl adjacent to an activating group) is 1. The van der Waals surface area contributed by atoms with Crippen molar-refractivity contribution in [3.63, 3.8) is 0 Å². The van der Waals surface area contributed by atoms with E-state index in [-0.39, 0.29) is 6.04 Å². The van der Waals surface area contributed by atoms with E-state index in [9.17, 15) is 4.79 Å². The van der Waals surface area contributed by atoms with Crippen molar-refractivity contribution in [3.05, 3.63) is 0 Å². The molecule has 0 bridgehead atoms. The van der Waals surface area contributed by atoms with Crippen LogP contribution in [0.15, 0.2) is 0 Å². The lowest BCUT2D eigenvalue weighted by atomic mass is 10.2. The van der Waals surface area contributed by atoms with E-state index in [4.69, 9.17) is 5.11 Å². The van der Waals surface area contributed by atoms with Gasteiger partial charge in [0, 0.05) is 0 Å². The highest BCUT2D eigenvalue weighted by Crippen LogP contribution is 2.13. The van der Waals surface area contributed by atoms with Crippen LogP contribution >= 0.6 is 0 Å². The van der Waals surface area contributed by atoms with Crippen molar-refractivity contribution in [2.75, 3.05) is 13.6 Å². The highest BCUT2D eigenvalue weighted by molar-refractivity contribution is 5.73. The minimum atomic E-state index is -0.685. The van der Waals surface area contributed by atoms with Crippen LogP contribution in [0.5, 0.6) is 0 Å².